The van der Waals surface area contributed by atoms with E-state index in [4.69, 9.17) is 0 Å². The maximum Gasteiger partial charge on any atom is 0.274 e. The summed E-state index contributed by atoms with van der Waals surface area (Å²) in [5.74, 6) is 0.825. The number of rotatable bonds is 4. The maximum absolute atomic E-state index is 12.8. The second kappa shape index (κ2) is 7.64. The van der Waals surface area contributed by atoms with Crippen LogP contribution in [0, 0.1) is 6.92 Å². The van der Waals surface area contributed by atoms with Gasteiger partial charge in [0.05, 0.1) is 0 Å². The summed E-state index contributed by atoms with van der Waals surface area (Å²) in [5.41, 5.74) is 3.21. The first-order valence-electron chi connectivity index (χ1n) is 9.05. The molecule has 2 heterocycles. The fourth-order valence-corrected chi connectivity index (χ4v) is 3.21. The Labute approximate surface area is 149 Å². The van der Waals surface area contributed by atoms with Crippen molar-refractivity contribution >= 4 is 17.5 Å². The van der Waals surface area contributed by atoms with Gasteiger partial charge in [0.25, 0.3) is 5.91 Å². The first kappa shape index (κ1) is 17.4. The molecule has 1 aliphatic rings. The SMILES string of the molecule is Cc1cc(C(=O)Nc2ccccc2C(C)C)nc(N2CCCCC2)n1. The molecule has 1 aliphatic heterocycles. The minimum Gasteiger partial charge on any atom is -0.341 e. The zero-order valence-corrected chi connectivity index (χ0v) is 15.2. The lowest BCUT2D eigenvalue weighted by Crippen LogP contribution is -2.31. The van der Waals surface area contributed by atoms with Gasteiger partial charge in [-0.15, -0.1) is 0 Å². The van der Waals surface area contributed by atoms with Crippen LogP contribution in [0.2, 0.25) is 0 Å². The van der Waals surface area contributed by atoms with E-state index in [0.717, 1.165) is 42.9 Å². The van der Waals surface area contributed by atoms with E-state index < -0.39 is 0 Å². The highest BCUT2D eigenvalue weighted by Gasteiger charge is 2.18. The number of hydrogen-bond acceptors (Lipinski definition) is 4. The molecule has 132 valence electrons. The molecule has 0 unspecified atom stereocenters. The van der Waals surface area contributed by atoms with Gasteiger partial charge in [-0.2, -0.15) is 0 Å². The summed E-state index contributed by atoms with van der Waals surface area (Å²) in [6, 6.07) is 9.67. The van der Waals surface area contributed by atoms with Gasteiger partial charge in [0.1, 0.15) is 5.69 Å². The highest BCUT2D eigenvalue weighted by molar-refractivity contribution is 6.03. The molecule has 0 radical (unpaired) electrons. The van der Waals surface area contributed by atoms with Gasteiger partial charge < -0.3 is 10.2 Å². The average molecular weight is 338 g/mol. The summed E-state index contributed by atoms with van der Waals surface area (Å²) in [4.78, 5) is 24.0. The normalized spacial score (nSPS) is 14.6. The number of para-hydroxylation sites is 1. The van der Waals surface area contributed by atoms with Crippen LogP contribution in [0.3, 0.4) is 0 Å². The van der Waals surface area contributed by atoms with Crippen LogP contribution in [0.4, 0.5) is 11.6 Å². The van der Waals surface area contributed by atoms with E-state index in [2.05, 4.69) is 34.0 Å². The standard InChI is InChI=1S/C20H26N4O/c1-14(2)16-9-5-6-10-17(16)22-19(25)18-13-15(3)21-20(23-18)24-11-7-4-8-12-24/h5-6,9-10,13-14H,4,7-8,11-12H2,1-3H3,(H,22,25). The van der Waals surface area contributed by atoms with E-state index in [9.17, 15) is 4.79 Å². The molecule has 3 rings (SSSR count). The lowest BCUT2D eigenvalue weighted by atomic mass is 10.0. The largest absolute Gasteiger partial charge is 0.341 e. The van der Waals surface area contributed by atoms with E-state index in [-0.39, 0.29) is 5.91 Å². The number of carbonyl (C=O) groups is 1. The van der Waals surface area contributed by atoms with E-state index in [1.807, 2.05) is 31.2 Å². The number of nitrogens with zero attached hydrogens (tertiary/aromatic N) is 3. The second-order valence-electron chi connectivity index (χ2n) is 6.94. The number of carbonyl (C=O) groups excluding carboxylic acids is 1. The maximum atomic E-state index is 12.8. The number of aryl methyl sites for hydroxylation is 1. The van der Waals surface area contributed by atoms with E-state index in [1.54, 1.807) is 6.07 Å². The second-order valence-corrected chi connectivity index (χ2v) is 6.94. The molecule has 5 heteroatoms. The third-order valence-electron chi connectivity index (χ3n) is 4.54. The van der Waals surface area contributed by atoms with Crippen LogP contribution >= 0.6 is 0 Å². The number of hydrogen-bond donors (Lipinski definition) is 1. The Hall–Kier alpha value is -2.43. The first-order valence-corrected chi connectivity index (χ1v) is 9.05. The lowest BCUT2D eigenvalue weighted by Gasteiger charge is -2.27. The van der Waals surface area contributed by atoms with Crippen molar-refractivity contribution < 1.29 is 4.79 Å². The quantitative estimate of drug-likeness (QED) is 0.910. The van der Waals surface area contributed by atoms with Crippen molar-refractivity contribution in [1.82, 2.24) is 9.97 Å². The molecule has 5 nitrogen and oxygen atoms in total. The van der Waals surface area contributed by atoms with Gasteiger partial charge in [-0.3, -0.25) is 4.79 Å². The Bertz CT molecular complexity index is 751. The average Bonchev–Trinajstić information content (AvgIpc) is 2.62. The van der Waals surface area contributed by atoms with Gasteiger partial charge in [-0.1, -0.05) is 32.0 Å². The molecule has 0 saturated carbocycles. The first-order chi connectivity index (χ1) is 12.0. The molecule has 0 atom stereocenters. The fraction of sp³-hybridized carbons (Fsp3) is 0.450. The molecule has 1 fully saturated rings. The third-order valence-corrected chi connectivity index (χ3v) is 4.54. The van der Waals surface area contributed by atoms with Gasteiger partial charge in [0, 0.05) is 24.5 Å². The summed E-state index contributed by atoms with van der Waals surface area (Å²) in [7, 11) is 0. The number of piperidine rings is 1. The molecule has 1 saturated heterocycles. The van der Waals surface area contributed by atoms with Crippen molar-refractivity contribution in [2.45, 2.75) is 46.0 Å². The summed E-state index contributed by atoms with van der Waals surface area (Å²) in [6.07, 6.45) is 3.56. The van der Waals surface area contributed by atoms with Gasteiger partial charge in [0.2, 0.25) is 5.95 Å². The highest BCUT2D eigenvalue weighted by atomic mass is 16.1. The predicted molar refractivity (Wildman–Crippen MR) is 101 cm³/mol. The van der Waals surface area contributed by atoms with Crippen molar-refractivity contribution in [3.63, 3.8) is 0 Å². The molecule has 2 aromatic rings. The summed E-state index contributed by atoms with van der Waals surface area (Å²) >= 11 is 0. The fourth-order valence-electron chi connectivity index (χ4n) is 3.21. The Kier molecular flexibility index (Phi) is 5.31. The number of nitrogens with one attached hydrogen (secondary N) is 1. The van der Waals surface area contributed by atoms with Crippen molar-refractivity contribution in [1.29, 1.82) is 0 Å². The van der Waals surface area contributed by atoms with Crippen molar-refractivity contribution in [2.24, 2.45) is 0 Å². The minimum atomic E-state index is -0.183. The number of anilines is 2. The molecule has 1 amide bonds. The van der Waals surface area contributed by atoms with Gasteiger partial charge in [-0.05, 0) is 49.8 Å². The Morgan fingerprint density at radius 2 is 1.84 bits per heavy atom. The van der Waals surface area contributed by atoms with Crippen LogP contribution in [0.1, 0.15) is 60.8 Å². The Balaban J connectivity index is 1.84. The van der Waals surface area contributed by atoms with Crippen LogP contribution in [-0.4, -0.2) is 29.0 Å². The zero-order chi connectivity index (χ0) is 17.8. The minimum absolute atomic E-state index is 0.183. The van der Waals surface area contributed by atoms with E-state index >= 15 is 0 Å². The smallest absolute Gasteiger partial charge is 0.274 e. The van der Waals surface area contributed by atoms with Crippen LogP contribution in [-0.2, 0) is 0 Å². The molecule has 0 bridgehead atoms. The molecular formula is C20H26N4O. The highest BCUT2D eigenvalue weighted by Crippen LogP contribution is 2.24. The van der Waals surface area contributed by atoms with E-state index in [0.29, 0.717) is 17.6 Å². The van der Waals surface area contributed by atoms with Crippen molar-refractivity contribution in [3.05, 3.63) is 47.3 Å². The molecule has 25 heavy (non-hydrogen) atoms. The van der Waals surface area contributed by atoms with Crippen molar-refractivity contribution in [3.8, 4) is 0 Å². The Morgan fingerprint density at radius 3 is 2.56 bits per heavy atom. The van der Waals surface area contributed by atoms with E-state index in [1.165, 1.54) is 6.42 Å². The van der Waals surface area contributed by atoms with Gasteiger partial charge >= 0.3 is 0 Å². The third kappa shape index (κ3) is 4.16. The predicted octanol–water partition coefficient (Wildman–Crippen LogP) is 4.15. The van der Waals surface area contributed by atoms with Crippen LogP contribution in [0.25, 0.3) is 0 Å². The Morgan fingerprint density at radius 1 is 1.12 bits per heavy atom. The van der Waals surface area contributed by atoms with Crippen molar-refractivity contribution in [2.75, 3.05) is 23.3 Å². The molecule has 1 aromatic carbocycles. The topological polar surface area (TPSA) is 58.1 Å². The molecule has 0 spiro atoms. The van der Waals surface area contributed by atoms with Crippen LogP contribution in [0.15, 0.2) is 30.3 Å². The molecule has 1 N–H and O–H groups in total. The molecule has 1 aromatic heterocycles. The van der Waals surface area contributed by atoms with Gasteiger partial charge in [0.15, 0.2) is 0 Å². The molecular weight excluding hydrogens is 312 g/mol. The number of aromatic nitrogens is 2. The summed E-state index contributed by atoms with van der Waals surface area (Å²) in [5, 5.41) is 3.02. The number of benzene rings is 1. The van der Waals surface area contributed by atoms with Gasteiger partial charge in [-0.25, -0.2) is 9.97 Å². The molecule has 0 aliphatic carbocycles. The lowest BCUT2D eigenvalue weighted by molar-refractivity contribution is 0.102. The number of amides is 1. The summed E-state index contributed by atoms with van der Waals surface area (Å²) < 4.78 is 0. The zero-order valence-electron chi connectivity index (χ0n) is 15.2. The summed E-state index contributed by atoms with van der Waals surface area (Å²) in [6.45, 7) is 8.07. The monoisotopic (exact) mass is 338 g/mol. The van der Waals surface area contributed by atoms with Crippen LogP contribution < -0.4 is 10.2 Å². The van der Waals surface area contributed by atoms with Crippen LogP contribution in [0.5, 0.6) is 0 Å².